The van der Waals surface area contributed by atoms with E-state index in [1.54, 1.807) is 5.48 Å². The summed E-state index contributed by atoms with van der Waals surface area (Å²) >= 11 is 0. The number of nitrogens with zero attached hydrogens (tertiary/aromatic N) is 2. The molecule has 0 bridgehead atoms. The highest BCUT2D eigenvalue weighted by Crippen LogP contribution is 2.35. The third-order valence-corrected chi connectivity index (χ3v) is 4.70. The topological polar surface area (TPSA) is 55.8 Å². The molecule has 1 unspecified atom stereocenters. The van der Waals surface area contributed by atoms with Crippen LogP contribution in [0.15, 0.2) is 35.9 Å². The largest absolute Gasteiger partial charge is 0.374 e. The molecule has 2 heterocycles. The Morgan fingerprint density at radius 2 is 2.09 bits per heavy atom. The van der Waals surface area contributed by atoms with Crippen LogP contribution >= 0.6 is 0 Å². The number of piperidine rings is 1. The van der Waals surface area contributed by atoms with Gasteiger partial charge in [-0.05, 0) is 24.5 Å². The first-order valence-corrected chi connectivity index (χ1v) is 7.83. The van der Waals surface area contributed by atoms with Gasteiger partial charge in [0, 0.05) is 50.9 Å². The van der Waals surface area contributed by atoms with Gasteiger partial charge in [0.15, 0.2) is 0 Å². The molecule has 2 aliphatic heterocycles. The highest BCUT2D eigenvalue weighted by atomic mass is 16.5. The molecule has 0 radical (unpaired) electrons. The Balaban J connectivity index is 1.58. The van der Waals surface area contributed by atoms with E-state index in [1.807, 2.05) is 0 Å². The molecule has 0 saturated carbocycles. The van der Waals surface area contributed by atoms with Crippen molar-refractivity contribution in [2.75, 3.05) is 38.1 Å². The van der Waals surface area contributed by atoms with Crippen LogP contribution in [0.5, 0.6) is 0 Å². The summed E-state index contributed by atoms with van der Waals surface area (Å²) in [5.74, 6) is 0.141. The van der Waals surface area contributed by atoms with E-state index in [2.05, 4.69) is 41.1 Å². The number of rotatable bonds is 3. The van der Waals surface area contributed by atoms with E-state index in [4.69, 9.17) is 5.21 Å². The second kappa shape index (κ2) is 6.50. The molecular formula is C17H23N3O2. The molecule has 1 aromatic carbocycles. The van der Waals surface area contributed by atoms with Gasteiger partial charge in [0.05, 0.1) is 0 Å². The standard InChI is InChI=1S/C17H23N3O2/c1-19-11-14(15-4-2-3-5-16(15)19)12-20-8-6-13(7-9-20)10-17(21)18-22/h2-5,10,14,22H,6-9,11-12H2,1H3,(H,18,21). The van der Waals surface area contributed by atoms with Gasteiger partial charge in [-0.3, -0.25) is 10.0 Å². The van der Waals surface area contributed by atoms with E-state index in [1.165, 1.54) is 17.3 Å². The van der Waals surface area contributed by atoms with Gasteiger partial charge in [0.25, 0.3) is 5.91 Å². The third kappa shape index (κ3) is 3.15. The number of nitrogens with one attached hydrogen (secondary N) is 1. The van der Waals surface area contributed by atoms with Crippen molar-refractivity contribution in [3.05, 3.63) is 41.5 Å². The predicted molar refractivity (Wildman–Crippen MR) is 86.1 cm³/mol. The summed E-state index contributed by atoms with van der Waals surface area (Å²) in [4.78, 5) is 16.0. The minimum atomic E-state index is -0.421. The molecule has 2 aliphatic rings. The van der Waals surface area contributed by atoms with Gasteiger partial charge in [-0.15, -0.1) is 0 Å². The van der Waals surface area contributed by atoms with Crippen molar-refractivity contribution in [3.8, 4) is 0 Å². The number of fused-ring (bicyclic) bond motifs is 1. The molecule has 118 valence electrons. The Kier molecular flexibility index (Phi) is 4.45. The summed E-state index contributed by atoms with van der Waals surface area (Å²) in [6.45, 7) is 4.10. The first kappa shape index (κ1) is 15.1. The van der Waals surface area contributed by atoms with E-state index >= 15 is 0 Å². The molecule has 2 N–H and O–H groups in total. The maximum Gasteiger partial charge on any atom is 0.267 e. The summed E-state index contributed by atoms with van der Waals surface area (Å²) in [6, 6.07) is 8.65. The van der Waals surface area contributed by atoms with Crippen LogP contribution < -0.4 is 10.4 Å². The molecular weight excluding hydrogens is 278 g/mol. The maximum absolute atomic E-state index is 11.2. The minimum absolute atomic E-state index is 0.421. The van der Waals surface area contributed by atoms with Crippen LogP contribution in [0.25, 0.3) is 0 Å². The first-order chi connectivity index (χ1) is 10.7. The number of likely N-dealkylation sites (N-methyl/N-ethyl adjacent to an activating group) is 1. The van der Waals surface area contributed by atoms with E-state index in [9.17, 15) is 4.79 Å². The normalized spacial score (nSPS) is 21.6. The van der Waals surface area contributed by atoms with Crippen LogP contribution in [0.1, 0.15) is 24.3 Å². The fourth-order valence-electron chi connectivity index (χ4n) is 3.56. The highest BCUT2D eigenvalue weighted by Gasteiger charge is 2.28. The summed E-state index contributed by atoms with van der Waals surface area (Å²) in [6.07, 6.45) is 3.32. The zero-order chi connectivity index (χ0) is 15.5. The minimum Gasteiger partial charge on any atom is -0.374 e. The number of likely N-dealkylation sites (tertiary alicyclic amines) is 1. The number of hydrogen-bond acceptors (Lipinski definition) is 4. The SMILES string of the molecule is CN1CC(CN2CCC(=CC(=O)NO)CC2)c2ccccc21. The van der Waals surface area contributed by atoms with E-state index in [0.29, 0.717) is 5.92 Å². The Labute approximate surface area is 131 Å². The Hall–Kier alpha value is -1.85. The average molecular weight is 301 g/mol. The third-order valence-electron chi connectivity index (χ3n) is 4.70. The lowest BCUT2D eigenvalue weighted by Gasteiger charge is -2.30. The van der Waals surface area contributed by atoms with Gasteiger partial charge < -0.3 is 9.80 Å². The van der Waals surface area contributed by atoms with Crippen molar-refractivity contribution in [2.45, 2.75) is 18.8 Å². The molecule has 0 aromatic heterocycles. The second-order valence-corrected chi connectivity index (χ2v) is 6.22. The molecule has 3 rings (SSSR count). The van der Waals surface area contributed by atoms with Crippen LogP contribution in [0.3, 0.4) is 0 Å². The quantitative estimate of drug-likeness (QED) is 0.507. The van der Waals surface area contributed by atoms with Crippen molar-refractivity contribution in [2.24, 2.45) is 0 Å². The zero-order valence-electron chi connectivity index (χ0n) is 13.0. The van der Waals surface area contributed by atoms with E-state index in [0.717, 1.165) is 44.6 Å². The van der Waals surface area contributed by atoms with Gasteiger partial charge >= 0.3 is 0 Å². The molecule has 22 heavy (non-hydrogen) atoms. The number of anilines is 1. The predicted octanol–water partition coefficient (Wildman–Crippen LogP) is 1.75. The summed E-state index contributed by atoms with van der Waals surface area (Å²) in [5, 5.41) is 8.57. The maximum atomic E-state index is 11.2. The Morgan fingerprint density at radius 1 is 1.36 bits per heavy atom. The lowest BCUT2D eigenvalue weighted by Crippen LogP contribution is -2.35. The number of carbonyl (C=O) groups excluding carboxylic acids is 1. The number of carbonyl (C=O) groups is 1. The molecule has 5 nitrogen and oxygen atoms in total. The number of amides is 1. The average Bonchev–Trinajstić information content (AvgIpc) is 2.86. The van der Waals surface area contributed by atoms with Crippen LogP contribution in [0.2, 0.25) is 0 Å². The van der Waals surface area contributed by atoms with Crippen LogP contribution in [0.4, 0.5) is 5.69 Å². The van der Waals surface area contributed by atoms with Gasteiger partial charge in [-0.25, -0.2) is 5.48 Å². The molecule has 1 amide bonds. The molecule has 1 fully saturated rings. The number of hydroxylamine groups is 1. The monoisotopic (exact) mass is 301 g/mol. The smallest absolute Gasteiger partial charge is 0.267 e. The molecule has 1 atom stereocenters. The van der Waals surface area contributed by atoms with E-state index in [-0.39, 0.29) is 0 Å². The zero-order valence-corrected chi connectivity index (χ0v) is 13.0. The van der Waals surface area contributed by atoms with Gasteiger partial charge in [-0.1, -0.05) is 23.8 Å². The van der Waals surface area contributed by atoms with Crippen molar-refractivity contribution in [3.63, 3.8) is 0 Å². The molecule has 1 aromatic rings. The summed E-state index contributed by atoms with van der Waals surface area (Å²) in [5.41, 5.74) is 5.58. The fraction of sp³-hybridized carbons (Fsp3) is 0.471. The lowest BCUT2D eigenvalue weighted by atomic mass is 9.98. The van der Waals surface area contributed by atoms with Crippen LogP contribution in [-0.4, -0.2) is 49.2 Å². The first-order valence-electron chi connectivity index (χ1n) is 7.83. The lowest BCUT2D eigenvalue weighted by molar-refractivity contribution is -0.124. The molecule has 0 spiro atoms. The number of hydrogen-bond donors (Lipinski definition) is 2. The highest BCUT2D eigenvalue weighted by molar-refractivity contribution is 5.87. The van der Waals surface area contributed by atoms with Crippen LogP contribution in [-0.2, 0) is 4.79 Å². The Morgan fingerprint density at radius 3 is 2.82 bits per heavy atom. The van der Waals surface area contributed by atoms with Gasteiger partial charge in [0.1, 0.15) is 0 Å². The van der Waals surface area contributed by atoms with Gasteiger partial charge in [0.2, 0.25) is 0 Å². The van der Waals surface area contributed by atoms with Crippen molar-refractivity contribution < 1.29 is 10.0 Å². The van der Waals surface area contributed by atoms with Crippen molar-refractivity contribution in [1.29, 1.82) is 0 Å². The summed E-state index contributed by atoms with van der Waals surface area (Å²) < 4.78 is 0. The molecule has 1 saturated heterocycles. The molecule has 5 heteroatoms. The fourth-order valence-corrected chi connectivity index (χ4v) is 3.56. The van der Waals surface area contributed by atoms with E-state index < -0.39 is 5.91 Å². The van der Waals surface area contributed by atoms with Gasteiger partial charge in [-0.2, -0.15) is 0 Å². The second-order valence-electron chi connectivity index (χ2n) is 6.22. The Bertz CT molecular complexity index is 575. The van der Waals surface area contributed by atoms with Crippen molar-refractivity contribution in [1.82, 2.24) is 10.4 Å². The molecule has 0 aliphatic carbocycles. The van der Waals surface area contributed by atoms with Crippen LogP contribution in [0, 0.1) is 0 Å². The number of benzene rings is 1. The summed E-state index contributed by atoms with van der Waals surface area (Å²) in [7, 11) is 2.16. The number of para-hydroxylation sites is 1. The van der Waals surface area contributed by atoms with Crippen molar-refractivity contribution >= 4 is 11.6 Å².